The van der Waals surface area contributed by atoms with Gasteiger partial charge in [0.25, 0.3) is 0 Å². The normalized spacial score (nSPS) is 15.6. The van der Waals surface area contributed by atoms with E-state index in [-0.39, 0.29) is 5.91 Å². The summed E-state index contributed by atoms with van der Waals surface area (Å²) in [6, 6.07) is 7.08. The maximum absolute atomic E-state index is 12.2. The van der Waals surface area contributed by atoms with Crippen LogP contribution in [0, 0.1) is 6.92 Å². The third-order valence-electron chi connectivity index (χ3n) is 4.33. The number of para-hydroxylation sites is 1. The summed E-state index contributed by atoms with van der Waals surface area (Å²) in [7, 11) is 0. The lowest BCUT2D eigenvalue weighted by Crippen LogP contribution is -2.49. The predicted molar refractivity (Wildman–Crippen MR) is 89.7 cm³/mol. The van der Waals surface area contributed by atoms with Crippen LogP contribution in [-0.2, 0) is 9.59 Å². The van der Waals surface area contributed by atoms with E-state index in [4.69, 9.17) is 4.74 Å². The molecule has 0 spiro atoms. The summed E-state index contributed by atoms with van der Waals surface area (Å²) >= 11 is 0. The topological polar surface area (TPSA) is 58.6 Å². The zero-order valence-electron chi connectivity index (χ0n) is 14.6. The van der Waals surface area contributed by atoms with Gasteiger partial charge in [-0.05, 0) is 37.8 Å². The Hall–Kier alpha value is -2.25. The Bertz CT molecular complexity index is 626. The van der Waals surface area contributed by atoms with Crippen LogP contribution in [-0.4, -0.2) is 48.6 Å². The van der Waals surface area contributed by atoms with E-state index < -0.39 is 18.1 Å². The molecular formula is C18H23F3N2O3. The molecule has 5 nitrogen and oxygen atoms in total. The minimum Gasteiger partial charge on any atom is -0.493 e. The average molecular weight is 372 g/mol. The second-order valence-corrected chi connectivity index (χ2v) is 6.34. The first kappa shape index (κ1) is 20.1. The fourth-order valence-electron chi connectivity index (χ4n) is 2.82. The fourth-order valence-corrected chi connectivity index (χ4v) is 2.82. The zero-order valence-corrected chi connectivity index (χ0v) is 14.6. The maximum atomic E-state index is 12.2. The monoisotopic (exact) mass is 372 g/mol. The minimum atomic E-state index is -4.87. The molecule has 1 heterocycles. The van der Waals surface area contributed by atoms with Crippen LogP contribution in [0.25, 0.3) is 0 Å². The van der Waals surface area contributed by atoms with Crippen molar-refractivity contribution in [1.82, 2.24) is 10.2 Å². The molecule has 0 atom stereocenters. The number of hydrogen-bond acceptors (Lipinski definition) is 3. The number of carbonyl (C=O) groups excluding carboxylic acids is 2. The third kappa shape index (κ3) is 5.93. The molecule has 1 saturated heterocycles. The Morgan fingerprint density at radius 3 is 2.50 bits per heavy atom. The van der Waals surface area contributed by atoms with Crippen molar-refractivity contribution in [2.75, 3.05) is 19.7 Å². The van der Waals surface area contributed by atoms with Gasteiger partial charge in [-0.2, -0.15) is 13.2 Å². The summed E-state index contributed by atoms with van der Waals surface area (Å²) in [6.07, 6.45) is -3.33. The number of nitrogens with zero attached hydrogens (tertiary/aromatic N) is 1. The molecule has 1 N–H and O–H groups in total. The van der Waals surface area contributed by atoms with Gasteiger partial charge in [-0.15, -0.1) is 0 Å². The number of carbonyl (C=O) groups is 2. The van der Waals surface area contributed by atoms with E-state index in [0.717, 1.165) is 11.3 Å². The molecule has 1 aliphatic rings. The summed E-state index contributed by atoms with van der Waals surface area (Å²) in [4.78, 5) is 24.7. The van der Waals surface area contributed by atoms with Crippen molar-refractivity contribution in [1.29, 1.82) is 0 Å². The van der Waals surface area contributed by atoms with Gasteiger partial charge < -0.3 is 15.0 Å². The van der Waals surface area contributed by atoms with Crippen molar-refractivity contribution < 1.29 is 27.5 Å². The Morgan fingerprint density at radius 2 is 1.88 bits per heavy atom. The summed E-state index contributed by atoms with van der Waals surface area (Å²) in [6.45, 7) is 3.07. The van der Waals surface area contributed by atoms with E-state index in [1.165, 1.54) is 0 Å². The number of halogens is 3. The summed E-state index contributed by atoms with van der Waals surface area (Å²) < 4.78 is 42.4. The second-order valence-electron chi connectivity index (χ2n) is 6.34. The van der Waals surface area contributed by atoms with Crippen LogP contribution in [0.5, 0.6) is 5.75 Å². The molecule has 0 bridgehead atoms. The molecule has 8 heteroatoms. The summed E-state index contributed by atoms with van der Waals surface area (Å²) in [5.74, 6) is -1.17. The van der Waals surface area contributed by atoms with Gasteiger partial charge in [-0.1, -0.05) is 18.2 Å². The second kappa shape index (κ2) is 8.91. The van der Waals surface area contributed by atoms with Crippen LogP contribution < -0.4 is 10.1 Å². The fraction of sp³-hybridized carbons (Fsp3) is 0.556. The molecule has 1 aliphatic heterocycles. The highest BCUT2D eigenvalue weighted by Crippen LogP contribution is 2.18. The van der Waals surface area contributed by atoms with E-state index >= 15 is 0 Å². The highest BCUT2D eigenvalue weighted by Gasteiger charge is 2.40. The average Bonchev–Trinajstić information content (AvgIpc) is 2.59. The van der Waals surface area contributed by atoms with Crippen molar-refractivity contribution in [3.63, 3.8) is 0 Å². The first-order valence-corrected chi connectivity index (χ1v) is 8.61. The van der Waals surface area contributed by atoms with Gasteiger partial charge in [0.15, 0.2) is 0 Å². The van der Waals surface area contributed by atoms with Gasteiger partial charge >= 0.3 is 12.1 Å². The number of benzene rings is 1. The minimum absolute atomic E-state index is 0.0426. The Morgan fingerprint density at radius 1 is 1.23 bits per heavy atom. The largest absolute Gasteiger partial charge is 0.493 e. The lowest BCUT2D eigenvalue weighted by atomic mass is 10.0. The lowest BCUT2D eigenvalue weighted by Gasteiger charge is -2.32. The SMILES string of the molecule is Cc1ccccc1OCCCC(=O)N1CCC(NC(=O)C(F)(F)F)CC1. The number of amides is 2. The van der Waals surface area contributed by atoms with Crippen LogP contribution in [0.1, 0.15) is 31.2 Å². The van der Waals surface area contributed by atoms with E-state index in [0.29, 0.717) is 45.4 Å². The molecule has 2 amide bonds. The molecular weight excluding hydrogens is 349 g/mol. The van der Waals surface area contributed by atoms with Gasteiger partial charge in [0.2, 0.25) is 5.91 Å². The quantitative estimate of drug-likeness (QED) is 0.782. The van der Waals surface area contributed by atoms with Crippen LogP contribution in [0.4, 0.5) is 13.2 Å². The molecule has 2 rings (SSSR count). The molecule has 26 heavy (non-hydrogen) atoms. The molecule has 0 aromatic heterocycles. The van der Waals surface area contributed by atoms with Crippen LogP contribution in [0.15, 0.2) is 24.3 Å². The van der Waals surface area contributed by atoms with Gasteiger partial charge in [0, 0.05) is 25.6 Å². The number of likely N-dealkylation sites (tertiary alicyclic amines) is 1. The molecule has 0 saturated carbocycles. The molecule has 1 fully saturated rings. The van der Waals surface area contributed by atoms with Crippen molar-refractivity contribution in [3.05, 3.63) is 29.8 Å². The predicted octanol–water partition coefficient (Wildman–Crippen LogP) is 2.82. The molecule has 0 radical (unpaired) electrons. The Balaban J connectivity index is 1.65. The van der Waals surface area contributed by atoms with Crippen molar-refractivity contribution >= 4 is 11.8 Å². The van der Waals surface area contributed by atoms with E-state index in [1.807, 2.05) is 36.5 Å². The Labute approximate surface area is 150 Å². The number of piperidine rings is 1. The van der Waals surface area contributed by atoms with Crippen molar-refractivity contribution in [3.8, 4) is 5.75 Å². The third-order valence-corrected chi connectivity index (χ3v) is 4.33. The zero-order chi connectivity index (χ0) is 19.2. The number of ether oxygens (including phenoxy) is 1. The van der Waals surface area contributed by atoms with Gasteiger partial charge in [0.1, 0.15) is 5.75 Å². The van der Waals surface area contributed by atoms with Crippen molar-refractivity contribution in [2.45, 2.75) is 44.8 Å². The Kier molecular flexibility index (Phi) is 6.88. The maximum Gasteiger partial charge on any atom is 0.471 e. The number of hydrogen-bond donors (Lipinski definition) is 1. The molecule has 1 aromatic carbocycles. The van der Waals surface area contributed by atoms with E-state index in [1.54, 1.807) is 4.90 Å². The number of alkyl halides is 3. The van der Waals surface area contributed by atoms with Crippen LogP contribution in [0.2, 0.25) is 0 Å². The lowest BCUT2D eigenvalue weighted by molar-refractivity contribution is -0.174. The molecule has 1 aromatic rings. The van der Waals surface area contributed by atoms with Crippen LogP contribution >= 0.6 is 0 Å². The molecule has 0 aliphatic carbocycles. The number of aryl methyl sites for hydroxylation is 1. The van der Waals surface area contributed by atoms with Crippen LogP contribution in [0.3, 0.4) is 0 Å². The first-order chi connectivity index (χ1) is 12.3. The highest BCUT2D eigenvalue weighted by molar-refractivity contribution is 5.82. The van der Waals surface area contributed by atoms with Gasteiger partial charge in [-0.25, -0.2) is 0 Å². The molecule has 144 valence electrons. The standard InChI is InChI=1S/C18H23F3N2O3/c1-13-5-2-3-6-15(13)26-12-4-7-16(24)23-10-8-14(9-11-23)22-17(25)18(19,20)21/h2-3,5-6,14H,4,7-12H2,1H3,(H,22,25). The summed E-state index contributed by atoms with van der Waals surface area (Å²) in [5, 5.41) is 1.97. The smallest absolute Gasteiger partial charge is 0.471 e. The number of rotatable bonds is 6. The summed E-state index contributed by atoms with van der Waals surface area (Å²) in [5.41, 5.74) is 1.03. The van der Waals surface area contributed by atoms with E-state index in [2.05, 4.69) is 0 Å². The number of nitrogens with one attached hydrogen (secondary N) is 1. The molecule has 0 unspecified atom stereocenters. The van der Waals surface area contributed by atoms with E-state index in [9.17, 15) is 22.8 Å². The van der Waals surface area contributed by atoms with Gasteiger partial charge in [0.05, 0.1) is 6.61 Å². The van der Waals surface area contributed by atoms with Gasteiger partial charge in [-0.3, -0.25) is 9.59 Å². The van der Waals surface area contributed by atoms with Crippen molar-refractivity contribution in [2.24, 2.45) is 0 Å². The highest BCUT2D eigenvalue weighted by atomic mass is 19.4. The first-order valence-electron chi connectivity index (χ1n) is 8.61.